The third-order valence-electron chi connectivity index (χ3n) is 3.53. The van der Waals surface area contributed by atoms with Gasteiger partial charge in [0.15, 0.2) is 0 Å². The van der Waals surface area contributed by atoms with E-state index in [4.69, 9.17) is 0 Å². The molecule has 0 saturated carbocycles. The molecule has 0 fully saturated rings. The maximum atomic E-state index is 12.3. The smallest absolute Gasteiger partial charge is 0.312 e. The van der Waals surface area contributed by atoms with Gasteiger partial charge in [-0.25, -0.2) is 4.68 Å². The summed E-state index contributed by atoms with van der Waals surface area (Å²) in [7, 11) is 0. The maximum absolute atomic E-state index is 12.3. The van der Waals surface area contributed by atoms with Crippen molar-refractivity contribution in [2.24, 2.45) is 0 Å². The Morgan fingerprint density at radius 3 is 2.86 bits per heavy atom. The Bertz CT molecular complexity index is 670. The van der Waals surface area contributed by atoms with Crippen molar-refractivity contribution in [2.45, 2.75) is 19.0 Å². The fraction of sp³-hybridized carbons (Fsp3) is 0.308. The predicted molar refractivity (Wildman–Crippen MR) is 70.1 cm³/mol. The zero-order valence-corrected chi connectivity index (χ0v) is 11.1. The van der Waals surface area contributed by atoms with Gasteiger partial charge in [-0.05, 0) is 21.6 Å². The van der Waals surface area contributed by atoms with Gasteiger partial charge in [0.05, 0.1) is 5.92 Å². The fourth-order valence-corrected chi connectivity index (χ4v) is 2.50. The first-order chi connectivity index (χ1) is 10.1. The van der Waals surface area contributed by atoms with Crippen LogP contribution >= 0.6 is 0 Å². The lowest BCUT2D eigenvalue weighted by molar-refractivity contribution is -0.141. The molecule has 1 unspecified atom stereocenters. The van der Waals surface area contributed by atoms with Crippen LogP contribution in [0, 0.1) is 0 Å². The minimum Gasteiger partial charge on any atom is -0.481 e. The van der Waals surface area contributed by atoms with E-state index in [1.54, 1.807) is 6.07 Å². The second-order valence-corrected chi connectivity index (χ2v) is 4.87. The lowest BCUT2D eigenvalue weighted by Gasteiger charge is -2.32. The average molecular weight is 287 g/mol. The fourth-order valence-electron chi connectivity index (χ4n) is 2.50. The van der Waals surface area contributed by atoms with Crippen LogP contribution in [0.3, 0.4) is 0 Å². The van der Waals surface area contributed by atoms with Crippen molar-refractivity contribution in [3.8, 4) is 0 Å². The van der Waals surface area contributed by atoms with E-state index in [1.807, 2.05) is 18.2 Å². The molecule has 2 aromatic rings. The number of carboxylic acids is 1. The lowest BCUT2D eigenvalue weighted by Crippen LogP contribution is -2.42. The molecule has 21 heavy (non-hydrogen) atoms. The summed E-state index contributed by atoms with van der Waals surface area (Å²) in [6.45, 7) is 0.565. The van der Waals surface area contributed by atoms with Crippen LogP contribution in [0.2, 0.25) is 0 Å². The monoisotopic (exact) mass is 287 g/mol. The highest BCUT2D eigenvalue weighted by Gasteiger charge is 2.32. The highest BCUT2D eigenvalue weighted by Crippen LogP contribution is 2.28. The van der Waals surface area contributed by atoms with Gasteiger partial charge < -0.3 is 10.0 Å². The molecule has 8 nitrogen and oxygen atoms in total. The van der Waals surface area contributed by atoms with E-state index < -0.39 is 11.9 Å². The van der Waals surface area contributed by atoms with E-state index >= 15 is 0 Å². The minimum absolute atomic E-state index is 0.00149. The number of hydrogen-bond acceptors (Lipinski definition) is 5. The second kappa shape index (κ2) is 5.31. The highest BCUT2D eigenvalue weighted by atomic mass is 16.4. The van der Waals surface area contributed by atoms with E-state index in [9.17, 15) is 14.7 Å². The number of nitrogens with zero attached hydrogens (tertiary/aromatic N) is 5. The van der Waals surface area contributed by atoms with Crippen LogP contribution in [0.5, 0.6) is 0 Å². The van der Waals surface area contributed by atoms with E-state index in [-0.39, 0.29) is 19.0 Å². The van der Waals surface area contributed by atoms with Crippen molar-refractivity contribution >= 4 is 11.9 Å². The third kappa shape index (κ3) is 2.60. The van der Waals surface area contributed by atoms with Crippen molar-refractivity contribution in [3.05, 3.63) is 41.7 Å². The van der Waals surface area contributed by atoms with Gasteiger partial charge in [0.25, 0.3) is 0 Å². The molecule has 1 aromatic carbocycles. The topological polar surface area (TPSA) is 101 Å². The summed E-state index contributed by atoms with van der Waals surface area (Å²) in [4.78, 5) is 25.2. The molecule has 1 aromatic heterocycles. The Kier molecular flexibility index (Phi) is 3.35. The first-order valence-corrected chi connectivity index (χ1v) is 6.44. The summed E-state index contributed by atoms with van der Waals surface area (Å²) >= 11 is 0. The largest absolute Gasteiger partial charge is 0.481 e. The average Bonchev–Trinajstić information content (AvgIpc) is 2.98. The Balaban J connectivity index is 1.82. The molecule has 1 N–H and O–H groups in total. The van der Waals surface area contributed by atoms with E-state index in [0.29, 0.717) is 6.54 Å². The maximum Gasteiger partial charge on any atom is 0.312 e. The van der Waals surface area contributed by atoms with Crippen molar-refractivity contribution in [1.29, 1.82) is 0 Å². The van der Waals surface area contributed by atoms with Crippen LogP contribution in [-0.2, 0) is 22.7 Å². The van der Waals surface area contributed by atoms with Gasteiger partial charge in [0, 0.05) is 13.1 Å². The number of aromatic nitrogens is 4. The summed E-state index contributed by atoms with van der Waals surface area (Å²) in [6, 6.07) is 7.30. The molecule has 0 saturated heterocycles. The van der Waals surface area contributed by atoms with Crippen molar-refractivity contribution in [1.82, 2.24) is 25.1 Å². The van der Waals surface area contributed by atoms with Crippen LogP contribution < -0.4 is 0 Å². The SMILES string of the molecule is O=C(O)C1CN(C(=O)Cn2cnnn2)Cc2ccccc21. The number of aliphatic carboxylic acids is 1. The molecule has 0 aliphatic carbocycles. The Morgan fingerprint density at radius 2 is 2.14 bits per heavy atom. The van der Waals surface area contributed by atoms with Gasteiger partial charge in [-0.2, -0.15) is 0 Å². The molecule has 3 rings (SSSR count). The number of carbonyl (C=O) groups excluding carboxylic acids is 1. The van der Waals surface area contributed by atoms with Crippen LogP contribution in [0.25, 0.3) is 0 Å². The zero-order chi connectivity index (χ0) is 14.8. The van der Waals surface area contributed by atoms with Crippen LogP contribution in [0.4, 0.5) is 0 Å². The van der Waals surface area contributed by atoms with Gasteiger partial charge in [-0.3, -0.25) is 9.59 Å². The third-order valence-corrected chi connectivity index (χ3v) is 3.53. The molecule has 0 spiro atoms. The normalized spacial score (nSPS) is 17.3. The van der Waals surface area contributed by atoms with Gasteiger partial charge in [0.1, 0.15) is 12.9 Å². The first kappa shape index (κ1) is 13.2. The van der Waals surface area contributed by atoms with E-state index in [1.165, 1.54) is 15.9 Å². The number of carboxylic acid groups (broad SMARTS) is 1. The summed E-state index contributed by atoms with van der Waals surface area (Å²) in [5.41, 5.74) is 1.64. The number of rotatable bonds is 3. The molecule has 1 aliphatic rings. The molecule has 0 radical (unpaired) electrons. The molecule has 1 aliphatic heterocycles. The predicted octanol–water partition coefficient (Wildman–Crippen LogP) is -0.116. The highest BCUT2D eigenvalue weighted by molar-refractivity contribution is 5.81. The zero-order valence-electron chi connectivity index (χ0n) is 11.1. The Labute approximate surface area is 120 Å². The molecular weight excluding hydrogens is 274 g/mol. The number of tetrazole rings is 1. The number of carbonyl (C=O) groups is 2. The molecule has 108 valence electrons. The van der Waals surface area contributed by atoms with Crippen molar-refractivity contribution in [2.75, 3.05) is 6.54 Å². The van der Waals surface area contributed by atoms with Crippen molar-refractivity contribution in [3.63, 3.8) is 0 Å². The van der Waals surface area contributed by atoms with Gasteiger partial charge in [0.2, 0.25) is 5.91 Å². The molecule has 0 bridgehead atoms. The Morgan fingerprint density at radius 1 is 1.33 bits per heavy atom. The summed E-state index contributed by atoms with van der Waals surface area (Å²) < 4.78 is 1.32. The lowest BCUT2D eigenvalue weighted by atomic mass is 9.90. The van der Waals surface area contributed by atoms with Crippen LogP contribution in [0.15, 0.2) is 30.6 Å². The first-order valence-electron chi connectivity index (χ1n) is 6.44. The Hall–Kier alpha value is -2.77. The molecule has 8 heteroatoms. The number of benzene rings is 1. The quantitative estimate of drug-likeness (QED) is 0.844. The van der Waals surface area contributed by atoms with Crippen molar-refractivity contribution < 1.29 is 14.7 Å². The number of fused-ring (bicyclic) bond motifs is 1. The second-order valence-electron chi connectivity index (χ2n) is 4.87. The van der Waals surface area contributed by atoms with E-state index in [2.05, 4.69) is 15.5 Å². The van der Waals surface area contributed by atoms with Gasteiger partial charge in [-0.1, -0.05) is 24.3 Å². The summed E-state index contributed by atoms with van der Waals surface area (Å²) in [5.74, 6) is -1.84. The van der Waals surface area contributed by atoms with Crippen LogP contribution in [-0.4, -0.2) is 48.6 Å². The summed E-state index contributed by atoms with van der Waals surface area (Å²) in [5, 5.41) is 19.9. The molecule has 1 amide bonds. The molecular formula is C13H13N5O3. The summed E-state index contributed by atoms with van der Waals surface area (Å²) in [6.07, 6.45) is 1.35. The standard InChI is InChI=1S/C13H13N5O3/c19-12(7-18-8-14-15-16-18)17-5-9-3-1-2-4-10(9)11(6-17)13(20)21/h1-4,8,11H,5-7H2,(H,20,21). The molecule has 1 atom stereocenters. The van der Waals surface area contributed by atoms with Crippen LogP contribution in [0.1, 0.15) is 17.0 Å². The minimum atomic E-state index is -0.928. The number of amides is 1. The molecule has 2 heterocycles. The van der Waals surface area contributed by atoms with E-state index in [0.717, 1.165) is 11.1 Å². The van der Waals surface area contributed by atoms with Gasteiger partial charge in [-0.15, -0.1) is 5.10 Å². The van der Waals surface area contributed by atoms with Gasteiger partial charge >= 0.3 is 5.97 Å². The number of hydrogen-bond donors (Lipinski definition) is 1.